The predicted molar refractivity (Wildman–Crippen MR) is 82.0 cm³/mol. The number of hydrogen-bond donors (Lipinski definition) is 0. The van der Waals surface area contributed by atoms with Crippen LogP contribution in [0.2, 0.25) is 0 Å². The van der Waals surface area contributed by atoms with Crippen LogP contribution in [0.1, 0.15) is 5.76 Å². The molecule has 0 fully saturated rings. The monoisotopic (exact) mass is 298 g/mol. The quantitative estimate of drug-likeness (QED) is 0.516. The lowest BCUT2D eigenvalue weighted by molar-refractivity contribution is 0.485. The van der Waals surface area contributed by atoms with Crippen LogP contribution in [0.25, 0.3) is 11.4 Å². The van der Waals surface area contributed by atoms with Gasteiger partial charge in [-0.05, 0) is 24.3 Å². The molecule has 3 rings (SSSR count). The molecule has 21 heavy (non-hydrogen) atoms. The maximum absolute atomic E-state index is 5.44. The molecule has 0 saturated heterocycles. The van der Waals surface area contributed by atoms with Gasteiger partial charge in [0, 0.05) is 23.7 Å². The molecule has 0 spiro atoms. The van der Waals surface area contributed by atoms with Crippen molar-refractivity contribution in [3.8, 4) is 11.4 Å². The predicted octanol–water partition coefficient (Wildman–Crippen LogP) is 3.26. The molecule has 0 aliphatic rings. The average molecular weight is 298 g/mol. The van der Waals surface area contributed by atoms with Crippen molar-refractivity contribution in [2.45, 2.75) is 11.7 Å². The van der Waals surface area contributed by atoms with Crippen molar-refractivity contribution in [3.63, 3.8) is 0 Å². The fourth-order valence-corrected chi connectivity index (χ4v) is 2.61. The summed E-state index contributed by atoms with van der Waals surface area (Å²) in [5.74, 6) is 2.43. The Labute approximate surface area is 126 Å². The van der Waals surface area contributed by atoms with Crippen LogP contribution in [0.15, 0.2) is 65.2 Å². The molecule has 0 radical (unpaired) electrons. The highest BCUT2D eigenvalue weighted by atomic mass is 32.2. The molecular weight excluding hydrogens is 284 g/mol. The van der Waals surface area contributed by atoms with Crippen LogP contribution in [0.5, 0.6) is 0 Å². The van der Waals surface area contributed by atoms with Crippen molar-refractivity contribution in [3.05, 3.63) is 61.3 Å². The third kappa shape index (κ3) is 3.05. The molecular formula is C15H14N4OS. The molecule has 5 nitrogen and oxygen atoms in total. The van der Waals surface area contributed by atoms with Crippen molar-refractivity contribution in [1.29, 1.82) is 0 Å². The molecule has 0 N–H and O–H groups in total. The van der Waals surface area contributed by atoms with Crippen molar-refractivity contribution in [1.82, 2.24) is 19.7 Å². The number of pyridine rings is 1. The van der Waals surface area contributed by atoms with E-state index in [0.717, 1.165) is 28.1 Å². The van der Waals surface area contributed by atoms with Crippen LogP contribution in [0.4, 0.5) is 0 Å². The maximum atomic E-state index is 5.44. The van der Waals surface area contributed by atoms with E-state index >= 15 is 0 Å². The SMILES string of the molecule is C=CCSc1nnc(-c2cccnc2)n1Cc1ccco1. The van der Waals surface area contributed by atoms with Gasteiger partial charge in [-0.2, -0.15) is 0 Å². The molecule has 6 heteroatoms. The number of furan rings is 1. The summed E-state index contributed by atoms with van der Waals surface area (Å²) in [6, 6.07) is 7.67. The van der Waals surface area contributed by atoms with E-state index in [9.17, 15) is 0 Å². The first kappa shape index (κ1) is 13.6. The Morgan fingerprint density at radius 2 is 2.24 bits per heavy atom. The third-order valence-electron chi connectivity index (χ3n) is 2.86. The lowest BCUT2D eigenvalue weighted by Gasteiger charge is -2.07. The lowest BCUT2D eigenvalue weighted by Crippen LogP contribution is -2.03. The average Bonchev–Trinajstić information content (AvgIpc) is 3.17. The first-order valence-corrected chi connectivity index (χ1v) is 7.46. The van der Waals surface area contributed by atoms with Crippen LogP contribution < -0.4 is 0 Å². The van der Waals surface area contributed by atoms with E-state index in [1.54, 1.807) is 30.4 Å². The van der Waals surface area contributed by atoms with Crippen LogP contribution in [-0.4, -0.2) is 25.5 Å². The first-order chi connectivity index (χ1) is 10.4. The molecule has 3 heterocycles. The summed E-state index contributed by atoms with van der Waals surface area (Å²) in [5, 5.41) is 9.40. The second-order valence-electron chi connectivity index (χ2n) is 4.31. The van der Waals surface area contributed by atoms with Gasteiger partial charge >= 0.3 is 0 Å². The van der Waals surface area contributed by atoms with Gasteiger partial charge in [-0.15, -0.1) is 16.8 Å². The molecule has 0 aromatic carbocycles. The summed E-state index contributed by atoms with van der Waals surface area (Å²) in [7, 11) is 0. The van der Waals surface area contributed by atoms with Crippen molar-refractivity contribution in [2.24, 2.45) is 0 Å². The summed E-state index contributed by atoms with van der Waals surface area (Å²) in [4.78, 5) is 4.14. The molecule has 0 unspecified atom stereocenters. The minimum absolute atomic E-state index is 0.587. The van der Waals surface area contributed by atoms with E-state index in [1.807, 2.05) is 34.9 Å². The Morgan fingerprint density at radius 3 is 2.95 bits per heavy atom. The third-order valence-corrected chi connectivity index (χ3v) is 3.82. The molecule has 106 valence electrons. The minimum atomic E-state index is 0.587. The summed E-state index contributed by atoms with van der Waals surface area (Å²) in [6.45, 7) is 4.33. The Bertz CT molecular complexity index is 707. The van der Waals surface area contributed by atoms with Gasteiger partial charge < -0.3 is 4.42 Å². The number of thioether (sulfide) groups is 1. The van der Waals surface area contributed by atoms with Gasteiger partial charge in [-0.25, -0.2) is 0 Å². The normalized spacial score (nSPS) is 10.7. The molecule has 0 atom stereocenters. The smallest absolute Gasteiger partial charge is 0.192 e. The van der Waals surface area contributed by atoms with Gasteiger partial charge in [0.05, 0.1) is 12.8 Å². The summed E-state index contributed by atoms with van der Waals surface area (Å²) >= 11 is 1.59. The van der Waals surface area contributed by atoms with E-state index in [4.69, 9.17) is 4.42 Å². The summed E-state index contributed by atoms with van der Waals surface area (Å²) in [5.41, 5.74) is 0.932. The van der Waals surface area contributed by atoms with Crippen LogP contribution in [-0.2, 0) is 6.54 Å². The molecule has 0 bridgehead atoms. The maximum Gasteiger partial charge on any atom is 0.192 e. The lowest BCUT2D eigenvalue weighted by atomic mass is 10.2. The van der Waals surface area contributed by atoms with Crippen LogP contribution in [0, 0.1) is 0 Å². The second kappa shape index (κ2) is 6.41. The Kier molecular flexibility index (Phi) is 4.16. The number of hydrogen-bond acceptors (Lipinski definition) is 5. The number of aromatic nitrogens is 4. The van der Waals surface area contributed by atoms with Crippen molar-refractivity contribution < 1.29 is 4.42 Å². The highest BCUT2D eigenvalue weighted by Gasteiger charge is 2.15. The van der Waals surface area contributed by atoms with E-state index in [1.165, 1.54) is 0 Å². The largest absolute Gasteiger partial charge is 0.467 e. The second-order valence-corrected chi connectivity index (χ2v) is 5.30. The fraction of sp³-hybridized carbons (Fsp3) is 0.133. The highest BCUT2D eigenvalue weighted by Crippen LogP contribution is 2.24. The summed E-state index contributed by atoms with van der Waals surface area (Å²) in [6.07, 6.45) is 7.04. The highest BCUT2D eigenvalue weighted by molar-refractivity contribution is 7.99. The zero-order valence-corrected chi connectivity index (χ0v) is 12.2. The van der Waals surface area contributed by atoms with E-state index in [2.05, 4.69) is 21.8 Å². The van der Waals surface area contributed by atoms with E-state index in [-0.39, 0.29) is 0 Å². The number of rotatable bonds is 6. The molecule has 0 aliphatic heterocycles. The zero-order valence-electron chi connectivity index (χ0n) is 11.3. The Hall–Kier alpha value is -2.34. The van der Waals surface area contributed by atoms with Gasteiger partial charge in [-0.3, -0.25) is 9.55 Å². The van der Waals surface area contributed by atoms with Crippen LogP contribution in [0.3, 0.4) is 0 Å². The molecule has 0 saturated carbocycles. The summed E-state index contributed by atoms with van der Waals surface area (Å²) < 4.78 is 7.47. The van der Waals surface area contributed by atoms with Gasteiger partial charge in [0.1, 0.15) is 5.76 Å². The van der Waals surface area contributed by atoms with Gasteiger partial charge in [0.25, 0.3) is 0 Å². The van der Waals surface area contributed by atoms with Gasteiger partial charge in [0.2, 0.25) is 0 Å². The van der Waals surface area contributed by atoms with Crippen molar-refractivity contribution >= 4 is 11.8 Å². The van der Waals surface area contributed by atoms with E-state index in [0.29, 0.717) is 6.54 Å². The first-order valence-electron chi connectivity index (χ1n) is 6.48. The Morgan fingerprint density at radius 1 is 1.29 bits per heavy atom. The molecule has 0 amide bonds. The topological polar surface area (TPSA) is 56.7 Å². The van der Waals surface area contributed by atoms with Crippen molar-refractivity contribution in [2.75, 3.05) is 5.75 Å². The standard InChI is InChI=1S/C15H14N4OS/c1-2-9-21-15-18-17-14(12-5-3-7-16-10-12)19(15)11-13-6-4-8-20-13/h2-8,10H,1,9,11H2. The molecule has 3 aromatic rings. The van der Waals surface area contributed by atoms with E-state index < -0.39 is 0 Å². The molecule has 3 aromatic heterocycles. The minimum Gasteiger partial charge on any atom is -0.467 e. The van der Waals surface area contributed by atoms with Gasteiger partial charge in [-0.1, -0.05) is 17.8 Å². The molecule has 0 aliphatic carbocycles. The van der Waals surface area contributed by atoms with Gasteiger partial charge in [0.15, 0.2) is 11.0 Å². The fourth-order valence-electron chi connectivity index (χ4n) is 1.94. The number of nitrogens with zero attached hydrogens (tertiary/aromatic N) is 4. The Balaban J connectivity index is 1.99. The van der Waals surface area contributed by atoms with Crippen LogP contribution >= 0.6 is 11.8 Å². The zero-order chi connectivity index (χ0) is 14.5.